The number of aliphatic hydroxyl groups is 1. The number of methoxy groups -OCH3 is 1. The maximum Gasteiger partial charge on any atom is 0.268 e. The molecule has 0 spiro atoms. The van der Waals surface area contributed by atoms with Crippen LogP contribution < -0.4 is 20.1 Å². The molecule has 1 amide bonds. The lowest BCUT2D eigenvalue weighted by Gasteiger charge is -2.32. The highest BCUT2D eigenvalue weighted by atomic mass is 32.2. The molecule has 0 aliphatic carbocycles. The summed E-state index contributed by atoms with van der Waals surface area (Å²) in [6.07, 6.45) is -1.43. The van der Waals surface area contributed by atoms with Gasteiger partial charge in [0.2, 0.25) is 5.91 Å². The van der Waals surface area contributed by atoms with Crippen molar-refractivity contribution in [3.63, 3.8) is 0 Å². The fourth-order valence-electron chi connectivity index (χ4n) is 3.43. The second-order valence-corrected chi connectivity index (χ2v) is 11.1. The summed E-state index contributed by atoms with van der Waals surface area (Å²) in [7, 11) is -6.81. The molecule has 10 nitrogen and oxygen atoms in total. The molecule has 0 bridgehead atoms. The maximum atomic E-state index is 13.8. The molecule has 1 fully saturated rings. The molecule has 168 valence electrons. The van der Waals surface area contributed by atoms with Crippen LogP contribution >= 0.6 is 0 Å². The van der Waals surface area contributed by atoms with E-state index >= 15 is 0 Å². The number of nitrogens with two attached hydrogens (primary N) is 1. The van der Waals surface area contributed by atoms with Crippen LogP contribution in [0.5, 0.6) is 5.75 Å². The van der Waals surface area contributed by atoms with Gasteiger partial charge in [0.25, 0.3) is 10.0 Å². The van der Waals surface area contributed by atoms with E-state index in [0.29, 0.717) is 5.69 Å². The second kappa shape index (κ2) is 8.36. The molecule has 0 saturated carbocycles. The van der Waals surface area contributed by atoms with Gasteiger partial charge in [-0.05, 0) is 42.5 Å². The number of benzene rings is 2. The van der Waals surface area contributed by atoms with Crippen molar-refractivity contribution in [2.75, 3.05) is 34.0 Å². The number of sulfone groups is 1. The van der Waals surface area contributed by atoms with Crippen LogP contribution in [0.25, 0.3) is 0 Å². The third kappa shape index (κ3) is 4.75. The lowest BCUT2D eigenvalue weighted by molar-refractivity contribution is -0.114. The van der Waals surface area contributed by atoms with Crippen LogP contribution in [0.2, 0.25) is 0 Å². The molecule has 0 radical (unpaired) electrons. The first-order valence-corrected chi connectivity index (χ1v) is 12.4. The zero-order valence-corrected chi connectivity index (χ0v) is 18.5. The van der Waals surface area contributed by atoms with Crippen LogP contribution in [-0.2, 0) is 24.7 Å². The van der Waals surface area contributed by atoms with Gasteiger partial charge in [-0.25, -0.2) is 16.8 Å². The van der Waals surface area contributed by atoms with Crippen molar-refractivity contribution in [3.05, 3.63) is 42.5 Å². The molecule has 1 aliphatic heterocycles. The Morgan fingerprint density at radius 3 is 2.35 bits per heavy atom. The monoisotopic (exact) mass is 469 g/mol. The number of rotatable bonds is 6. The summed E-state index contributed by atoms with van der Waals surface area (Å²) >= 11 is 0. The Morgan fingerprint density at radius 2 is 1.84 bits per heavy atom. The minimum absolute atomic E-state index is 0.00936. The molecule has 3 rings (SSSR count). The van der Waals surface area contributed by atoms with E-state index in [1.165, 1.54) is 56.5 Å². The number of carbonyl (C=O) groups excluding carboxylic acids is 1. The highest BCUT2D eigenvalue weighted by Crippen LogP contribution is 2.36. The van der Waals surface area contributed by atoms with Gasteiger partial charge in [0.05, 0.1) is 36.4 Å². The van der Waals surface area contributed by atoms with Crippen molar-refractivity contribution < 1.29 is 31.5 Å². The van der Waals surface area contributed by atoms with E-state index < -0.39 is 49.4 Å². The van der Waals surface area contributed by atoms with Gasteiger partial charge in [-0.2, -0.15) is 0 Å². The molecule has 1 saturated heterocycles. The van der Waals surface area contributed by atoms with E-state index in [9.17, 15) is 26.7 Å². The quantitative estimate of drug-likeness (QED) is 0.519. The van der Waals surface area contributed by atoms with Crippen molar-refractivity contribution in [2.24, 2.45) is 0 Å². The topological polar surface area (TPSA) is 156 Å². The minimum Gasteiger partial charge on any atom is -0.495 e. The van der Waals surface area contributed by atoms with E-state index in [4.69, 9.17) is 10.5 Å². The predicted octanol–water partition coefficient (Wildman–Crippen LogP) is 0.589. The third-order valence-corrected chi connectivity index (χ3v) is 8.34. The lowest BCUT2D eigenvalue weighted by Crippen LogP contribution is -2.47. The number of hydrogen-bond acceptors (Lipinski definition) is 8. The van der Waals surface area contributed by atoms with Crippen LogP contribution in [0.15, 0.2) is 47.4 Å². The SMILES string of the molecule is COc1ccc(NC(C)=O)cc1S(=O)(=O)N(c1ccc(N)cc1)[C@@H]1CS(=O)(=O)C[C@H]1O. The summed E-state index contributed by atoms with van der Waals surface area (Å²) in [4.78, 5) is 11.1. The van der Waals surface area contributed by atoms with Gasteiger partial charge in [-0.3, -0.25) is 9.10 Å². The number of sulfonamides is 1. The second-order valence-electron chi connectivity index (χ2n) is 7.15. The number of aliphatic hydroxyl groups excluding tert-OH is 1. The number of ether oxygens (including phenoxy) is 1. The largest absolute Gasteiger partial charge is 0.495 e. The van der Waals surface area contributed by atoms with E-state index in [1.807, 2.05) is 0 Å². The Hall–Kier alpha value is -2.83. The Bertz CT molecular complexity index is 1200. The number of nitrogen functional groups attached to an aromatic ring is 1. The molecule has 1 aliphatic rings. The Labute approximate surface area is 180 Å². The van der Waals surface area contributed by atoms with E-state index in [0.717, 1.165) is 4.31 Å². The van der Waals surface area contributed by atoms with Crippen molar-refractivity contribution in [2.45, 2.75) is 24.0 Å². The molecular formula is C19H23N3O7S2. The van der Waals surface area contributed by atoms with Gasteiger partial charge in [0.1, 0.15) is 10.6 Å². The zero-order chi connectivity index (χ0) is 23.0. The van der Waals surface area contributed by atoms with Crippen molar-refractivity contribution >= 4 is 42.8 Å². The summed E-state index contributed by atoms with van der Waals surface area (Å²) in [5.74, 6) is -1.51. The summed E-state index contributed by atoms with van der Waals surface area (Å²) in [5, 5.41) is 12.9. The average Bonchev–Trinajstić information content (AvgIpc) is 2.94. The highest BCUT2D eigenvalue weighted by molar-refractivity contribution is 7.93. The fraction of sp³-hybridized carbons (Fsp3) is 0.316. The Balaban J connectivity index is 2.21. The first kappa shape index (κ1) is 22.8. The van der Waals surface area contributed by atoms with Crippen molar-refractivity contribution in [1.29, 1.82) is 0 Å². The minimum atomic E-state index is -4.44. The van der Waals surface area contributed by atoms with Gasteiger partial charge in [0.15, 0.2) is 9.84 Å². The highest BCUT2D eigenvalue weighted by Gasteiger charge is 2.45. The number of anilines is 3. The smallest absolute Gasteiger partial charge is 0.268 e. The Morgan fingerprint density at radius 1 is 1.19 bits per heavy atom. The lowest BCUT2D eigenvalue weighted by atomic mass is 10.2. The van der Waals surface area contributed by atoms with Gasteiger partial charge in [0, 0.05) is 18.3 Å². The number of amides is 1. The van der Waals surface area contributed by atoms with Crippen LogP contribution in [0, 0.1) is 0 Å². The van der Waals surface area contributed by atoms with Crippen LogP contribution in [0.3, 0.4) is 0 Å². The summed E-state index contributed by atoms with van der Waals surface area (Å²) in [6.45, 7) is 1.28. The van der Waals surface area contributed by atoms with E-state index in [-0.39, 0.29) is 22.0 Å². The van der Waals surface area contributed by atoms with Gasteiger partial charge < -0.3 is 20.9 Å². The van der Waals surface area contributed by atoms with Crippen LogP contribution in [0.1, 0.15) is 6.92 Å². The third-order valence-electron chi connectivity index (χ3n) is 4.76. The molecule has 1 heterocycles. The average molecular weight is 470 g/mol. The summed E-state index contributed by atoms with van der Waals surface area (Å²) in [5.41, 5.74) is 6.43. The fourth-order valence-corrected chi connectivity index (χ4v) is 7.16. The number of nitrogens with zero attached hydrogens (tertiary/aromatic N) is 1. The van der Waals surface area contributed by atoms with Gasteiger partial charge in [-0.15, -0.1) is 0 Å². The molecule has 4 N–H and O–H groups in total. The van der Waals surface area contributed by atoms with E-state index in [1.54, 1.807) is 0 Å². The molecule has 0 unspecified atom stereocenters. The number of carbonyl (C=O) groups is 1. The maximum absolute atomic E-state index is 13.8. The number of nitrogens with one attached hydrogen (secondary N) is 1. The van der Waals surface area contributed by atoms with Crippen molar-refractivity contribution in [3.8, 4) is 5.75 Å². The first-order chi connectivity index (χ1) is 14.4. The normalized spacial score (nSPS) is 20.2. The molecule has 31 heavy (non-hydrogen) atoms. The van der Waals surface area contributed by atoms with Crippen LogP contribution in [0.4, 0.5) is 17.1 Å². The summed E-state index contributed by atoms with van der Waals surface area (Å²) in [6, 6.07) is 8.60. The number of hydrogen-bond donors (Lipinski definition) is 3. The predicted molar refractivity (Wildman–Crippen MR) is 116 cm³/mol. The Kier molecular flexibility index (Phi) is 6.16. The molecule has 2 aromatic rings. The molecule has 2 aromatic carbocycles. The standard InChI is InChI=1S/C19H23N3O7S2/c1-12(23)21-14-5-8-18(29-2)19(9-14)31(27,28)22(15-6-3-13(20)4-7-15)16-10-30(25,26)11-17(16)24/h3-9,16-17,24H,10-11,20H2,1-2H3,(H,21,23)/t16-,17-/m1/s1. The van der Waals surface area contributed by atoms with Crippen LogP contribution in [-0.4, -0.2) is 58.6 Å². The van der Waals surface area contributed by atoms with Crippen molar-refractivity contribution in [1.82, 2.24) is 0 Å². The molecular weight excluding hydrogens is 446 g/mol. The molecule has 12 heteroatoms. The van der Waals surface area contributed by atoms with E-state index in [2.05, 4.69) is 5.32 Å². The molecule has 0 aromatic heterocycles. The van der Waals surface area contributed by atoms with Gasteiger partial charge >= 0.3 is 0 Å². The molecule has 2 atom stereocenters. The van der Waals surface area contributed by atoms with Gasteiger partial charge in [-0.1, -0.05) is 0 Å². The summed E-state index contributed by atoms with van der Waals surface area (Å²) < 4.78 is 57.9. The first-order valence-electron chi connectivity index (χ1n) is 9.19. The zero-order valence-electron chi connectivity index (χ0n) is 16.8.